The number of aromatic nitrogens is 4. The van der Waals surface area contributed by atoms with Gasteiger partial charge in [-0.2, -0.15) is 15.5 Å². The largest absolute Gasteiger partial charge is 0.177 e. The maximum atomic E-state index is 6.02. The van der Waals surface area contributed by atoms with Gasteiger partial charge in [-0.15, -0.1) is 10.2 Å². The van der Waals surface area contributed by atoms with Crippen molar-refractivity contribution >= 4 is 0 Å². The van der Waals surface area contributed by atoms with Crippen molar-refractivity contribution in [2.45, 2.75) is 25.4 Å². The molecule has 3 N–H and O–H groups in total. The Kier molecular flexibility index (Phi) is 4.37. The highest BCUT2D eigenvalue weighted by Gasteiger charge is 2.50. The van der Waals surface area contributed by atoms with Gasteiger partial charge in [0.15, 0.2) is 11.5 Å². The first-order valence-corrected chi connectivity index (χ1v) is 7.62. The van der Waals surface area contributed by atoms with Crippen molar-refractivity contribution in [3.8, 4) is 0 Å². The fourth-order valence-corrected chi connectivity index (χ4v) is 2.71. The lowest BCUT2D eigenvalue weighted by Crippen LogP contribution is -2.59. The molecule has 1 aliphatic heterocycles. The van der Waals surface area contributed by atoms with Gasteiger partial charge < -0.3 is 0 Å². The number of nitrogens with zero attached hydrogens (tertiary/aromatic N) is 5. The Balaban J connectivity index is 1.58. The third-order valence-electron chi connectivity index (χ3n) is 4.02. The highest BCUT2D eigenvalue weighted by Crippen LogP contribution is 2.26. The molecule has 9 nitrogen and oxygen atoms in total. The lowest BCUT2D eigenvalue weighted by Gasteiger charge is -2.29. The van der Waals surface area contributed by atoms with Gasteiger partial charge in [0.1, 0.15) is 13.7 Å². The van der Waals surface area contributed by atoms with Crippen LogP contribution in [0.2, 0.25) is 0 Å². The van der Waals surface area contributed by atoms with Crippen molar-refractivity contribution in [2.24, 2.45) is 0 Å². The van der Waals surface area contributed by atoms with E-state index >= 15 is 0 Å². The average Bonchev–Trinajstić information content (AvgIpc) is 3.13. The standard InChI is InChI=1S/C14H23N8O/c1-14(12-8-5-4-6-9-12)17-21(2)22(3,18-14)23-11-7-10-13-15-19-20-16-13/h4-6,8-9,17-18H,7,10-11H2,1-3H3,(H,15,16,19,20)/q+1. The summed E-state index contributed by atoms with van der Waals surface area (Å²) in [5.74, 6) is 0.700. The number of aromatic amines is 1. The minimum Gasteiger partial charge on any atom is -0.177 e. The summed E-state index contributed by atoms with van der Waals surface area (Å²) in [6.07, 6.45) is 1.54. The molecule has 1 fully saturated rings. The first-order valence-electron chi connectivity index (χ1n) is 7.62. The first-order chi connectivity index (χ1) is 11.0. The van der Waals surface area contributed by atoms with Crippen molar-refractivity contribution in [2.75, 3.05) is 20.7 Å². The lowest BCUT2D eigenvalue weighted by atomic mass is 10.0. The van der Waals surface area contributed by atoms with Gasteiger partial charge in [-0.05, 0) is 28.9 Å². The topological polar surface area (TPSA) is 91.0 Å². The number of nitrogens with one attached hydrogen (secondary N) is 3. The van der Waals surface area contributed by atoms with Crippen LogP contribution in [0.3, 0.4) is 0 Å². The third kappa shape index (κ3) is 3.38. The highest BCUT2D eigenvalue weighted by molar-refractivity contribution is 5.22. The smallest absolute Gasteiger partial charge is 0.174 e. The number of hydroxylamine groups is 1. The van der Waals surface area contributed by atoms with E-state index in [1.54, 1.807) is 0 Å². The van der Waals surface area contributed by atoms with Crippen LogP contribution in [0.25, 0.3) is 0 Å². The van der Waals surface area contributed by atoms with Crippen molar-refractivity contribution in [3.63, 3.8) is 0 Å². The minimum absolute atomic E-state index is 0.137. The van der Waals surface area contributed by atoms with Gasteiger partial charge in [0.2, 0.25) is 0 Å². The quantitative estimate of drug-likeness (QED) is 0.519. The van der Waals surface area contributed by atoms with Crippen LogP contribution >= 0.6 is 0 Å². The molecule has 0 saturated carbocycles. The summed E-state index contributed by atoms with van der Waals surface area (Å²) in [6, 6.07) is 10.2. The van der Waals surface area contributed by atoms with Gasteiger partial charge >= 0.3 is 0 Å². The molecule has 1 aliphatic rings. The molecule has 2 aromatic rings. The second-order valence-corrected chi connectivity index (χ2v) is 5.88. The van der Waals surface area contributed by atoms with Crippen molar-refractivity contribution in [3.05, 3.63) is 41.7 Å². The molecule has 2 unspecified atom stereocenters. The van der Waals surface area contributed by atoms with Crippen LogP contribution in [0.15, 0.2) is 30.3 Å². The molecule has 9 heteroatoms. The molecule has 1 aromatic heterocycles. The molecular formula is C14H23N8O+. The summed E-state index contributed by atoms with van der Waals surface area (Å²) in [4.78, 5) is 6.16. The van der Waals surface area contributed by atoms with E-state index in [0.717, 1.165) is 18.4 Å². The Morgan fingerprint density at radius 3 is 2.78 bits per heavy atom. The predicted molar refractivity (Wildman–Crippen MR) is 82.5 cm³/mol. The molecule has 0 amide bonds. The van der Waals surface area contributed by atoms with Crippen molar-refractivity contribution in [1.29, 1.82) is 0 Å². The van der Waals surface area contributed by atoms with E-state index in [0.29, 0.717) is 12.4 Å². The van der Waals surface area contributed by atoms with E-state index in [4.69, 9.17) is 4.84 Å². The maximum absolute atomic E-state index is 6.02. The number of aryl methyl sites for hydroxylation is 1. The molecule has 2 atom stereocenters. The maximum Gasteiger partial charge on any atom is 0.174 e. The van der Waals surface area contributed by atoms with Crippen molar-refractivity contribution < 1.29 is 9.70 Å². The van der Waals surface area contributed by atoms with Crippen LogP contribution in [0, 0.1) is 0 Å². The summed E-state index contributed by atoms with van der Waals surface area (Å²) in [7, 11) is 3.90. The summed E-state index contributed by atoms with van der Waals surface area (Å²) in [5, 5.41) is 15.8. The van der Waals surface area contributed by atoms with Crippen LogP contribution in [0.4, 0.5) is 0 Å². The fraction of sp³-hybridized carbons (Fsp3) is 0.500. The van der Waals surface area contributed by atoms with Crippen LogP contribution < -0.4 is 10.9 Å². The molecule has 0 radical (unpaired) electrons. The predicted octanol–water partition coefficient (Wildman–Crippen LogP) is 0.253. The van der Waals surface area contributed by atoms with E-state index in [9.17, 15) is 0 Å². The monoisotopic (exact) mass is 319 g/mol. The number of hydrogen-bond acceptors (Lipinski definition) is 7. The molecule has 0 aliphatic carbocycles. The normalized spacial score (nSPS) is 28.3. The fourth-order valence-electron chi connectivity index (χ4n) is 2.71. The molecule has 2 heterocycles. The molecule has 1 aromatic carbocycles. The Morgan fingerprint density at radius 2 is 2.09 bits per heavy atom. The van der Waals surface area contributed by atoms with Crippen molar-refractivity contribution in [1.82, 2.24) is 36.6 Å². The number of H-pyrrole nitrogens is 1. The van der Waals surface area contributed by atoms with Crippen LogP contribution in [0.5, 0.6) is 0 Å². The molecule has 1 saturated heterocycles. The molecule has 0 bridgehead atoms. The van der Waals surface area contributed by atoms with Gasteiger partial charge in [0.25, 0.3) is 0 Å². The average molecular weight is 319 g/mol. The Morgan fingerprint density at radius 1 is 1.30 bits per heavy atom. The zero-order valence-corrected chi connectivity index (χ0v) is 13.7. The van der Waals surface area contributed by atoms with E-state index in [-0.39, 0.29) is 4.86 Å². The van der Waals surface area contributed by atoms with Gasteiger partial charge in [-0.25, -0.2) is 0 Å². The van der Waals surface area contributed by atoms with Crippen LogP contribution in [-0.4, -0.2) is 51.3 Å². The summed E-state index contributed by atoms with van der Waals surface area (Å²) in [6.45, 7) is 2.65. The van der Waals surface area contributed by atoms with Crippen LogP contribution in [-0.2, 0) is 16.9 Å². The molecule has 3 rings (SSSR count). The number of rotatable bonds is 6. The van der Waals surface area contributed by atoms with E-state index < -0.39 is 5.66 Å². The molecule has 0 spiro atoms. The zero-order chi connectivity index (χ0) is 16.3. The number of benzene rings is 1. The summed E-state index contributed by atoms with van der Waals surface area (Å²) in [5.41, 5.74) is 7.64. The number of hydrazine groups is 1. The molecular weight excluding hydrogens is 296 g/mol. The van der Waals surface area contributed by atoms with E-state index in [1.165, 1.54) is 0 Å². The summed E-state index contributed by atoms with van der Waals surface area (Å²) >= 11 is 0. The van der Waals surface area contributed by atoms with Crippen LogP contribution in [0.1, 0.15) is 24.7 Å². The lowest BCUT2D eigenvalue weighted by molar-refractivity contribution is -1.20. The second kappa shape index (κ2) is 6.30. The second-order valence-electron chi connectivity index (χ2n) is 5.88. The van der Waals surface area contributed by atoms with Gasteiger partial charge in [0, 0.05) is 6.42 Å². The Bertz CT molecular complexity index is 621. The number of tetrazole rings is 1. The number of quaternary nitrogens is 1. The van der Waals surface area contributed by atoms with Gasteiger partial charge in [0.05, 0.1) is 7.05 Å². The molecule has 23 heavy (non-hydrogen) atoms. The Labute approximate surface area is 135 Å². The zero-order valence-electron chi connectivity index (χ0n) is 13.7. The molecule has 124 valence electrons. The highest BCUT2D eigenvalue weighted by atomic mass is 16.8. The van der Waals surface area contributed by atoms with E-state index in [2.05, 4.69) is 50.5 Å². The summed E-state index contributed by atoms with van der Waals surface area (Å²) < 4.78 is 0. The van der Waals surface area contributed by atoms with E-state index in [1.807, 2.05) is 37.4 Å². The number of hydrogen-bond donors (Lipinski definition) is 3. The van der Waals surface area contributed by atoms with Gasteiger partial charge in [-0.1, -0.05) is 41.0 Å². The Hall–Kier alpha value is -1.91. The first kappa shape index (κ1) is 16.0. The SMILES string of the molecule is CN1NC(C)(c2ccccc2)N[N+]1(C)OCCCc1nn[nH]n1. The third-order valence-corrected chi connectivity index (χ3v) is 4.02. The van der Waals surface area contributed by atoms with Gasteiger partial charge in [-0.3, -0.25) is 0 Å². The minimum atomic E-state index is -0.404.